The molecule has 1 amide bonds. The summed E-state index contributed by atoms with van der Waals surface area (Å²) in [5.41, 5.74) is 3.01. The lowest BCUT2D eigenvalue weighted by Gasteiger charge is -2.11. The molecule has 0 atom stereocenters. The molecule has 27 heavy (non-hydrogen) atoms. The van der Waals surface area contributed by atoms with Crippen molar-refractivity contribution in [2.24, 2.45) is 0 Å². The van der Waals surface area contributed by atoms with Gasteiger partial charge >= 0.3 is 0 Å². The van der Waals surface area contributed by atoms with Crippen LogP contribution in [-0.4, -0.2) is 22.0 Å². The third-order valence-electron chi connectivity index (χ3n) is 4.27. The van der Waals surface area contributed by atoms with Crippen molar-refractivity contribution >= 4 is 40.1 Å². The van der Waals surface area contributed by atoms with Crippen LogP contribution in [0.25, 0.3) is 11.0 Å². The molecule has 0 saturated carbocycles. The van der Waals surface area contributed by atoms with Crippen molar-refractivity contribution in [3.63, 3.8) is 0 Å². The number of carbonyl (C=O) groups is 1. The van der Waals surface area contributed by atoms with Gasteiger partial charge in [-0.1, -0.05) is 47.5 Å². The van der Waals surface area contributed by atoms with E-state index in [0.29, 0.717) is 23.1 Å². The Morgan fingerprint density at radius 3 is 2.81 bits per heavy atom. The van der Waals surface area contributed by atoms with E-state index in [0.717, 1.165) is 35.3 Å². The van der Waals surface area contributed by atoms with E-state index in [4.69, 9.17) is 28.2 Å². The highest BCUT2D eigenvalue weighted by atomic mass is 35.5. The van der Waals surface area contributed by atoms with E-state index in [1.807, 2.05) is 37.3 Å². The van der Waals surface area contributed by atoms with Crippen LogP contribution in [0.5, 0.6) is 0 Å². The van der Waals surface area contributed by atoms with Gasteiger partial charge in [0.05, 0.1) is 17.6 Å². The Labute approximate surface area is 168 Å². The highest BCUT2D eigenvalue weighted by molar-refractivity contribution is 6.35. The number of imidazole rings is 1. The summed E-state index contributed by atoms with van der Waals surface area (Å²) >= 11 is 12.4. The van der Waals surface area contributed by atoms with Crippen LogP contribution in [0.2, 0.25) is 10.0 Å². The molecule has 0 unspecified atom stereocenters. The molecule has 3 rings (SSSR count). The molecule has 0 bridgehead atoms. The number of aromatic nitrogens is 2. The first-order chi connectivity index (χ1) is 13.1. The molecule has 0 spiro atoms. The summed E-state index contributed by atoms with van der Waals surface area (Å²) in [5.74, 6) is 0.904. The highest BCUT2D eigenvalue weighted by Crippen LogP contribution is 2.25. The lowest BCUT2D eigenvalue weighted by atomic mass is 10.2. The maximum Gasteiger partial charge on any atom is 0.243 e. The molecule has 0 radical (unpaired) electrons. The topological polar surface area (TPSA) is 46.9 Å². The molecule has 2 aromatic carbocycles. The zero-order valence-corrected chi connectivity index (χ0v) is 16.6. The van der Waals surface area contributed by atoms with Crippen LogP contribution in [0.4, 0.5) is 0 Å². The molecular formula is C21H21Cl2N3O. The first kappa shape index (κ1) is 19.5. The van der Waals surface area contributed by atoms with E-state index >= 15 is 0 Å². The molecule has 1 aromatic heterocycles. The molecule has 1 N–H and O–H groups in total. The van der Waals surface area contributed by atoms with Gasteiger partial charge in [0, 0.05) is 23.0 Å². The zero-order chi connectivity index (χ0) is 19.2. The Bertz CT molecular complexity index is 979. The van der Waals surface area contributed by atoms with Crippen LogP contribution in [0.3, 0.4) is 0 Å². The molecule has 4 nitrogen and oxygen atoms in total. The van der Waals surface area contributed by atoms with Crippen molar-refractivity contribution in [1.29, 1.82) is 0 Å². The van der Waals surface area contributed by atoms with E-state index in [-0.39, 0.29) is 5.91 Å². The van der Waals surface area contributed by atoms with Gasteiger partial charge in [-0.05, 0) is 49.2 Å². The fraction of sp³-hybridized carbons (Fsp3) is 0.238. The number of aryl methyl sites for hydroxylation is 1. The second-order valence-electron chi connectivity index (χ2n) is 6.23. The standard InChI is InChI=1S/C21H21Cl2N3O/c1-2-6-21(27)24-12-5-9-20-25-18-7-3-4-8-19(18)26(20)14-15-10-11-16(22)13-17(15)23/h2-4,6-8,10-11,13H,5,9,12,14H2,1H3,(H,24,27)/b6-2-. The minimum absolute atomic E-state index is 0.0704. The zero-order valence-electron chi connectivity index (χ0n) is 15.1. The molecule has 3 aromatic rings. The summed E-state index contributed by atoms with van der Waals surface area (Å²) in [6.07, 6.45) is 4.82. The predicted molar refractivity (Wildman–Crippen MR) is 111 cm³/mol. The first-order valence-electron chi connectivity index (χ1n) is 8.87. The van der Waals surface area contributed by atoms with Crippen LogP contribution in [0, 0.1) is 0 Å². The minimum Gasteiger partial charge on any atom is -0.353 e. The van der Waals surface area contributed by atoms with Crippen molar-refractivity contribution in [2.75, 3.05) is 6.54 Å². The Balaban J connectivity index is 1.80. The highest BCUT2D eigenvalue weighted by Gasteiger charge is 2.12. The van der Waals surface area contributed by atoms with Crippen LogP contribution in [0.15, 0.2) is 54.6 Å². The van der Waals surface area contributed by atoms with E-state index < -0.39 is 0 Å². The number of hydrogen-bond acceptors (Lipinski definition) is 2. The van der Waals surface area contributed by atoms with Gasteiger partial charge < -0.3 is 9.88 Å². The average Bonchev–Trinajstić information content (AvgIpc) is 2.99. The lowest BCUT2D eigenvalue weighted by molar-refractivity contribution is -0.116. The van der Waals surface area contributed by atoms with Gasteiger partial charge in [-0.3, -0.25) is 4.79 Å². The second-order valence-corrected chi connectivity index (χ2v) is 7.08. The largest absolute Gasteiger partial charge is 0.353 e. The van der Waals surface area contributed by atoms with Crippen LogP contribution in [-0.2, 0) is 17.8 Å². The van der Waals surface area contributed by atoms with Gasteiger partial charge in [-0.15, -0.1) is 0 Å². The van der Waals surface area contributed by atoms with Crippen molar-refractivity contribution in [3.8, 4) is 0 Å². The number of allylic oxidation sites excluding steroid dienone is 1. The van der Waals surface area contributed by atoms with E-state index in [1.165, 1.54) is 6.08 Å². The van der Waals surface area contributed by atoms with Crippen molar-refractivity contribution in [1.82, 2.24) is 14.9 Å². The molecule has 140 valence electrons. The third kappa shape index (κ3) is 4.90. The predicted octanol–water partition coefficient (Wildman–Crippen LogP) is 5.02. The molecule has 1 heterocycles. The summed E-state index contributed by atoms with van der Waals surface area (Å²) < 4.78 is 2.18. The van der Waals surface area contributed by atoms with Gasteiger partial charge in [-0.2, -0.15) is 0 Å². The summed E-state index contributed by atoms with van der Waals surface area (Å²) in [5, 5.41) is 4.14. The van der Waals surface area contributed by atoms with Crippen LogP contribution < -0.4 is 5.32 Å². The number of carbonyl (C=O) groups excluding carboxylic acids is 1. The average molecular weight is 402 g/mol. The molecule has 0 fully saturated rings. The smallest absolute Gasteiger partial charge is 0.243 e. The quantitative estimate of drug-likeness (QED) is 0.446. The molecule has 0 saturated heterocycles. The molecule has 0 aliphatic rings. The van der Waals surface area contributed by atoms with Gasteiger partial charge in [-0.25, -0.2) is 4.98 Å². The fourth-order valence-electron chi connectivity index (χ4n) is 2.98. The number of halogens is 2. The number of benzene rings is 2. The van der Waals surface area contributed by atoms with E-state index in [1.54, 1.807) is 12.1 Å². The van der Waals surface area contributed by atoms with Gasteiger partial charge in [0.1, 0.15) is 5.82 Å². The van der Waals surface area contributed by atoms with Gasteiger partial charge in [0.15, 0.2) is 0 Å². The van der Waals surface area contributed by atoms with E-state index in [9.17, 15) is 4.79 Å². The number of rotatable bonds is 7. The number of fused-ring (bicyclic) bond motifs is 1. The molecule has 0 aliphatic carbocycles. The number of amides is 1. The maximum atomic E-state index is 11.5. The third-order valence-corrected chi connectivity index (χ3v) is 4.86. The molecular weight excluding hydrogens is 381 g/mol. The Hall–Kier alpha value is -2.30. The first-order valence-corrected chi connectivity index (χ1v) is 9.62. The second kappa shape index (κ2) is 9.07. The normalized spacial score (nSPS) is 11.4. The van der Waals surface area contributed by atoms with Crippen LogP contribution >= 0.6 is 23.2 Å². The van der Waals surface area contributed by atoms with Crippen molar-refractivity contribution in [3.05, 3.63) is 76.0 Å². The maximum absolute atomic E-state index is 11.5. The monoisotopic (exact) mass is 401 g/mol. The molecule has 6 heteroatoms. The van der Waals surface area contributed by atoms with Gasteiger partial charge in [0.25, 0.3) is 0 Å². The van der Waals surface area contributed by atoms with E-state index in [2.05, 4.69) is 16.0 Å². The lowest BCUT2D eigenvalue weighted by Crippen LogP contribution is -2.22. The Morgan fingerprint density at radius 2 is 2.04 bits per heavy atom. The summed E-state index contributed by atoms with van der Waals surface area (Å²) in [7, 11) is 0. The number of nitrogens with one attached hydrogen (secondary N) is 1. The number of hydrogen-bond donors (Lipinski definition) is 1. The van der Waals surface area contributed by atoms with Gasteiger partial charge in [0.2, 0.25) is 5.91 Å². The van der Waals surface area contributed by atoms with Crippen LogP contribution in [0.1, 0.15) is 24.7 Å². The summed E-state index contributed by atoms with van der Waals surface area (Å²) in [6.45, 7) is 3.05. The SMILES string of the molecule is C/C=C\C(=O)NCCCc1nc2ccccc2n1Cc1ccc(Cl)cc1Cl. The fourth-order valence-corrected chi connectivity index (χ4v) is 3.45. The van der Waals surface area contributed by atoms with Crippen molar-refractivity contribution in [2.45, 2.75) is 26.3 Å². The van der Waals surface area contributed by atoms with Crippen molar-refractivity contribution < 1.29 is 4.79 Å². The Kier molecular flexibility index (Phi) is 6.54. The number of para-hydroxylation sites is 2. The molecule has 0 aliphatic heterocycles. The number of nitrogens with zero attached hydrogens (tertiary/aromatic N) is 2. The Morgan fingerprint density at radius 1 is 1.22 bits per heavy atom. The summed E-state index contributed by atoms with van der Waals surface area (Å²) in [6, 6.07) is 13.6. The minimum atomic E-state index is -0.0704. The summed E-state index contributed by atoms with van der Waals surface area (Å²) in [4.78, 5) is 16.3.